The van der Waals surface area contributed by atoms with Gasteiger partial charge in [-0.1, -0.05) is 6.07 Å². The summed E-state index contributed by atoms with van der Waals surface area (Å²) < 4.78 is 9.35. The van der Waals surface area contributed by atoms with Crippen molar-refractivity contribution in [3.8, 4) is 0 Å². The number of ether oxygens (including phenoxy) is 2. The van der Waals surface area contributed by atoms with Gasteiger partial charge in [-0.3, -0.25) is 19.8 Å². The Bertz CT molecular complexity index is 638. The second-order valence-corrected chi connectivity index (χ2v) is 4.75. The fraction of sp³-hybridized carbons (Fsp3) is 0.400. The van der Waals surface area contributed by atoms with E-state index in [1.54, 1.807) is 6.92 Å². The van der Waals surface area contributed by atoms with Crippen molar-refractivity contribution in [3.63, 3.8) is 0 Å². The molecule has 0 fully saturated rings. The van der Waals surface area contributed by atoms with Crippen molar-refractivity contribution in [2.45, 2.75) is 19.8 Å². The molecule has 0 aliphatic carbocycles. The van der Waals surface area contributed by atoms with Crippen molar-refractivity contribution in [1.29, 1.82) is 0 Å². The molecular formula is C15H18N2O7. The van der Waals surface area contributed by atoms with Gasteiger partial charge in [-0.15, -0.1) is 0 Å². The van der Waals surface area contributed by atoms with E-state index in [0.29, 0.717) is 0 Å². The third-order valence-electron chi connectivity index (χ3n) is 3.25. The Morgan fingerprint density at radius 3 is 2.50 bits per heavy atom. The molecule has 2 atom stereocenters. The van der Waals surface area contributed by atoms with Crippen LogP contribution in [0, 0.1) is 11.1 Å². The summed E-state index contributed by atoms with van der Waals surface area (Å²) in [5, 5.41) is 20.9. The van der Waals surface area contributed by atoms with Crippen LogP contribution in [0.4, 0.5) is 0 Å². The average Bonchev–Trinajstić information content (AvgIpc) is 2.54. The van der Waals surface area contributed by atoms with Gasteiger partial charge in [0.1, 0.15) is 17.6 Å². The highest BCUT2D eigenvalue weighted by molar-refractivity contribution is 6.37. The van der Waals surface area contributed by atoms with Crippen LogP contribution in [0.1, 0.15) is 25.3 Å². The van der Waals surface area contributed by atoms with Gasteiger partial charge in [-0.25, -0.2) is 4.79 Å². The Balaban J connectivity index is 3.58. The summed E-state index contributed by atoms with van der Waals surface area (Å²) in [6, 6.07) is 2.95. The molecule has 0 amide bonds. The van der Waals surface area contributed by atoms with Gasteiger partial charge in [-0.2, -0.15) is 0 Å². The second kappa shape index (κ2) is 8.61. The largest absolute Gasteiger partial charge is 0.465 e. The number of carbonyl (C=O) groups is 3. The first-order chi connectivity index (χ1) is 11.3. The molecule has 0 aromatic carbocycles. The molecule has 24 heavy (non-hydrogen) atoms. The fourth-order valence-electron chi connectivity index (χ4n) is 2.27. The Morgan fingerprint density at radius 1 is 1.42 bits per heavy atom. The minimum atomic E-state index is -1.52. The van der Waals surface area contributed by atoms with Crippen molar-refractivity contribution in [2.24, 2.45) is 5.92 Å². The number of hydrogen-bond acceptors (Lipinski definition) is 8. The van der Waals surface area contributed by atoms with Gasteiger partial charge in [0.05, 0.1) is 13.7 Å². The maximum atomic E-state index is 12.2. The lowest BCUT2D eigenvalue weighted by molar-refractivity contribution is -0.726. The fourth-order valence-corrected chi connectivity index (χ4v) is 2.27. The molecule has 9 heteroatoms. The minimum Gasteiger partial charge on any atom is -0.465 e. The molecule has 130 valence electrons. The molecular weight excluding hydrogens is 320 g/mol. The number of ketones is 1. The van der Waals surface area contributed by atoms with Crippen molar-refractivity contribution >= 4 is 23.4 Å². The van der Waals surface area contributed by atoms with Crippen LogP contribution in [0.15, 0.2) is 24.5 Å². The summed E-state index contributed by atoms with van der Waals surface area (Å²) in [4.78, 5) is 39.3. The highest BCUT2D eigenvalue weighted by Crippen LogP contribution is 2.28. The Kier molecular flexibility index (Phi) is 6.84. The maximum Gasteiger partial charge on any atom is 0.405 e. The quantitative estimate of drug-likeness (QED) is 0.189. The van der Waals surface area contributed by atoms with Crippen LogP contribution in [0.5, 0.6) is 0 Å². The predicted octanol–water partition coefficient (Wildman–Crippen LogP) is 0.447. The number of Topliss-reactive ketones (excluding diaryl/α,β-unsaturated/α-hetero) is 1. The number of carbonyl (C=O) groups excluding carboxylic acids is 3. The normalized spacial score (nSPS) is 14.1. The third-order valence-corrected chi connectivity index (χ3v) is 3.25. The van der Waals surface area contributed by atoms with Crippen LogP contribution < -0.4 is 0 Å². The van der Waals surface area contributed by atoms with E-state index in [2.05, 4.69) is 9.72 Å². The van der Waals surface area contributed by atoms with E-state index in [-0.39, 0.29) is 12.2 Å². The molecule has 2 unspecified atom stereocenters. The van der Waals surface area contributed by atoms with Gasteiger partial charge in [0.15, 0.2) is 0 Å². The molecule has 0 bridgehead atoms. The topological polar surface area (TPSA) is 129 Å². The van der Waals surface area contributed by atoms with E-state index in [1.807, 2.05) is 0 Å². The molecule has 1 aromatic heterocycles. The van der Waals surface area contributed by atoms with E-state index in [4.69, 9.17) is 4.74 Å². The first-order valence-corrected chi connectivity index (χ1v) is 7.03. The first-order valence-electron chi connectivity index (χ1n) is 7.03. The standard InChI is InChI=1S/C15H18N2O7/c1-4-24-14(19)11(9(2)18)12(10-6-5-7-16-8-10)13(17(21)22)15(20)23-3/h5-8,11-12H,4H2,1-3H3,(H,21,22). The number of esters is 2. The zero-order valence-electron chi connectivity index (χ0n) is 13.5. The molecule has 9 nitrogen and oxygen atoms in total. The first kappa shape index (κ1) is 19.1. The van der Waals surface area contributed by atoms with E-state index in [1.165, 1.54) is 24.5 Å². The zero-order valence-corrected chi connectivity index (χ0v) is 13.5. The average molecular weight is 338 g/mol. The monoisotopic (exact) mass is 338 g/mol. The number of methoxy groups -OCH3 is 1. The highest BCUT2D eigenvalue weighted by atomic mass is 16.8. The lowest BCUT2D eigenvalue weighted by Gasteiger charge is -2.21. The molecule has 1 heterocycles. The highest BCUT2D eigenvalue weighted by Gasteiger charge is 2.46. The molecule has 0 saturated carbocycles. The van der Waals surface area contributed by atoms with Gasteiger partial charge in [-0.05, 0) is 25.5 Å². The van der Waals surface area contributed by atoms with E-state index in [9.17, 15) is 24.8 Å². The smallest absolute Gasteiger partial charge is 0.405 e. The lowest BCUT2D eigenvalue weighted by Crippen LogP contribution is -2.41. The molecule has 1 rings (SSSR count). The van der Waals surface area contributed by atoms with Crippen molar-refractivity contribution < 1.29 is 34.0 Å². The third kappa shape index (κ3) is 4.28. The van der Waals surface area contributed by atoms with Crippen LogP contribution in [0.3, 0.4) is 0 Å². The predicted molar refractivity (Wildman–Crippen MR) is 80.2 cm³/mol. The molecule has 0 radical (unpaired) electrons. The zero-order chi connectivity index (χ0) is 18.3. The van der Waals surface area contributed by atoms with Crippen LogP contribution >= 0.6 is 0 Å². The Labute approximate surface area is 138 Å². The SMILES string of the molecule is CCOC(=O)C(C(C)=O)C(C(C(=O)OC)=[N+]([O-])O)c1cccnc1. The molecule has 0 aliphatic rings. The number of aromatic nitrogens is 1. The minimum absolute atomic E-state index is 0.00382. The van der Waals surface area contributed by atoms with Crippen molar-refractivity contribution in [2.75, 3.05) is 13.7 Å². The van der Waals surface area contributed by atoms with Crippen LogP contribution in [-0.4, -0.2) is 52.2 Å². The Morgan fingerprint density at radius 2 is 2.08 bits per heavy atom. The van der Waals surface area contributed by atoms with Crippen LogP contribution in [-0.2, 0) is 23.9 Å². The Hall–Kier alpha value is -2.97. The van der Waals surface area contributed by atoms with Gasteiger partial charge in [0.2, 0.25) is 0 Å². The number of pyridine rings is 1. The summed E-state index contributed by atoms with van der Waals surface area (Å²) in [5.74, 6) is -5.69. The van der Waals surface area contributed by atoms with Gasteiger partial charge in [0, 0.05) is 17.3 Å². The van der Waals surface area contributed by atoms with Gasteiger partial charge < -0.3 is 14.7 Å². The van der Waals surface area contributed by atoms with E-state index in [0.717, 1.165) is 14.0 Å². The molecule has 1 aromatic rings. The number of nitrogens with zero attached hydrogens (tertiary/aromatic N) is 2. The van der Waals surface area contributed by atoms with Gasteiger partial charge in [0.25, 0.3) is 0 Å². The summed E-state index contributed by atoms with van der Waals surface area (Å²) >= 11 is 0. The second-order valence-electron chi connectivity index (χ2n) is 4.75. The summed E-state index contributed by atoms with van der Waals surface area (Å²) in [7, 11) is 0.999. The summed E-state index contributed by atoms with van der Waals surface area (Å²) in [6.07, 6.45) is 2.70. The number of rotatable bonds is 7. The van der Waals surface area contributed by atoms with E-state index < -0.39 is 40.2 Å². The van der Waals surface area contributed by atoms with Crippen LogP contribution in [0.2, 0.25) is 0 Å². The van der Waals surface area contributed by atoms with E-state index >= 15 is 0 Å². The maximum absolute atomic E-state index is 12.2. The molecule has 0 saturated heterocycles. The molecule has 0 spiro atoms. The molecule has 0 aliphatic heterocycles. The number of hydrogen-bond donors (Lipinski definition) is 1. The van der Waals surface area contributed by atoms with Gasteiger partial charge >= 0.3 is 17.7 Å². The molecule has 1 N–H and O–H groups in total. The van der Waals surface area contributed by atoms with Crippen LogP contribution in [0.25, 0.3) is 0 Å². The summed E-state index contributed by atoms with van der Waals surface area (Å²) in [5.41, 5.74) is -0.625. The summed E-state index contributed by atoms with van der Waals surface area (Å²) in [6.45, 7) is 2.66. The van der Waals surface area contributed by atoms with Crippen molar-refractivity contribution in [3.05, 3.63) is 35.3 Å². The van der Waals surface area contributed by atoms with Crippen molar-refractivity contribution in [1.82, 2.24) is 4.98 Å². The lowest BCUT2D eigenvalue weighted by atomic mass is 9.80.